The first-order valence-corrected chi connectivity index (χ1v) is 6.81. The Morgan fingerprint density at radius 3 is 2.24 bits per heavy atom. The van der Waals surface area contributed by atoms with E-state index in [9.17, 15) is 4.79 Å². The Balaban J connectivity index is 2.50. The molecule has 3 nitrogen and oxygen atoms in total. The number of methoxy groups -OCH3 is 1. The van der Waals surface area contributed by atoms with Crippen LogP contribution in [0.4, 0.5) is 5.69 Å². The fourth-order valence-electron chi connectivity index (χ4n) is 2.37. The van der Waals surface area contributed by atoms with E-state index in [2.05, 4.69) is 11.9 Å². The molecular formula is C18H19NO2. The van der Waals surface area contributed by atoms with Crippen LogP contribution in [-0.2, 0) is 15.1 Å². The number of benzene rings is 2. The lowest BCUT2D eigenvalue weighted by atomic mass is 9.86. The van der Waals surface area contributed by atoms with Crippen molar-refractivity contribution in [2.75, 3.05) is 12.4 Å². The van der Waals surface area contributed by atoms with Crippen LogP contribution in [0.25, 0.3) is 0 Å². The summed E-state index contributed by atoms with van der Waals surface area (Å²) in [5, 5.41) is 3.31. The predicted molar refractivity (Wildman–Crippen MR) is 85.0 cm³/mol. The standard InChI is InChI=1S/C18H19NO2/c1-3-14-18(17(20)21-2,15-10-6-4-7-11-15)19-16-12-8-5-9-13-16/h3-13,19H,1,14H2,2H3. The van der Waals surface area contributed by atoms with Gasteiger partial charge >= 0.3 is 5.97 Å². The average molecular weight is 281 g/mol. The third-order valence-electron chi connectivity index (χ3n) is 3.38. The first-order chi connectivity index (χ1) is 10.2. The van der Waals surface area contributed by atoms with Crippen LogP contribution in [0.15, 0.2) is 73.3 Å². The maximum Gasteiger partial charge on any atom is 0.336 e. The van der Waals surface area contributed by atoms with E-state index in [1.807, 2.05) is 60.7 Å². The molecule has 2 aromatic carbocycles. The van der Waals surface area contributed by atoms with Gasteiger partial charge < -0.3 is 10.1 Å². The van der Waals surface area contributed by atoms with E-state index in [1.165, 1.54) is 7.11 Å². The number of hydrogen-bond acceptors (Lipinski definition) is 3. The van der Waals surface area contributed by atoms with E-state index in [4.69, 9.17) is 4.74 Å². The van der Waals surface area contributed by atoms with Gasteiger partial charge in [0.2, 0.25) is 0 Å². The zero-order valence-electron chi connectivity index (χ0n) is 12.1. The van der Waals surface area contributed by atoms with Crippen molar-refractivity contribution in [2.24, 2.45) is 0 Å². The first-order valence-electron chi connectivity index (χ1n) is 6.81. The predicted octanol–water partition coefficient (Wildman–Crippen LogP) is 3.74. The van der Waals surface area contributed by atoms with Crippen molar-refractivity contribution in [1.29, 1.82) is 0 Å². The van der Waals surface area contributed by atoms with Crippen LogP contribution in [-0.4, -0.2) is 13.1 Å². The van der Waals surface area contributed by atoms with E-state index < -0.39 is 5.54 Å². The third-order valence-corrected chi connectivity index (χ3v) is 3.38. The molecule has 21 heavy (non-hydrogen) atoms. The molecule has 3 heteroatoms. The van der Waals surface area contributed by atoms with Gasteiger partial charge in [-0.1, -0.05) is 54.6 Å². The number of carbonyl (C=O) groups is 1. The van der Waals surface area contributed by atoms with Crippen molar-refractivity contribution < 1.29 is 9.53 Å². The largest absolute Gasteiger partial charge is 0.467 e. The van der Waals surface area contributed by atoms with Crippen molar-refractivity contribution in [2.45, 2.75) is 12.0 Å². The lowest BCUT2D eigenvalue weighted by molar-refractivity contribution is -0.146. The molecule has 0 amide bonds. The molecule has 1 N–H and O–H groups in total. The van der Waals surface area contributed by atoms with Gasteiger partial charge in [-0.25, -0.2) is 4.79 Å². The number of ether oxygens (including phenoxy) is 1. The number of anilines is 1. The normalized spacial score (nSPS) is 13.0. The Bertz CT molecular complexity index is 595. The smallest absolute Gasteiger partial charge is 0.336 e. The molecule has 0 aromatic heterocycles. The Morgan fingerprint density at radius 1 is 1.14 bits per heavy atom. The van der Waals surface area contributed by atoms with Crippen LogP contribution in [0.5, 0.6) is 0 Å². The zero-order chi connectivity index (χ0) is 15.1. The maximum absolute atomic E-state index is 12.5. The summed E-state index contributed by atoms with van der Waals surface area (Å²) < 4.78 is 5.05. The van der Waals surface area contributed by atoms with Gasteiger partial charge in [-0.2, -0.15) is 0 Å². The number of carbonyl (C=O) groups excluding carboxylic acids is 1. The third kappa shape index (κ3) is 3.14. The monoisotopic (exact) mass is 281 g/mol. The van der Waals surface area contributed by atoms with Gasteiger partial charge in [0.25, 0.3) is 0 Å². The minimum Gasteiger partial charge on any atom is -0.467 e. The first kappa shape index (κ1) is 14.9. The van der Waals surface area contributed by atoms with Crippen molar-refractivity contribution in [3.63, 3.8) is 0 Å². The summed E-state index contributed by atoms with van der Waals surface area (Å²) in [4.78, 5) is 12.5. The molecule has 0 aliphatic carbocycles. The quantitative estimate of drug-likeness (QED) is 0.647. The van der Waals surface area contributed by atoms with E-state index in [0.29, 0.717) is 6.42 Å². The molecule has 2 rings (SSSR count). The summed E-state index contributed by atoms with van der Waals surface area (Å²) in [5.41, 5.74) is 0.730. The molecule has 0 fully saturated rings. The highest BCUT2D eigenvalue weighted by Crippen LogP contribution is 2.31. The van der Waals surface area contributed by atoms with Crippen molar-refractivity contribution in [3.8, 4) is 0 Å². The van der Waals surface area contributed by atoms with Gasteiger partial charge in [0, 0.05) is 12.1 Å². The van der Waals surface area contributed by atoms with E-state index in [0.717, 1.165) is 11.3 Å². The fraction of sp³-hybridized carbons (Fsp3) is 0.167. The lowest BCUT2D eigenvalue weighted by Crippen LogP contribution is -2.44. The van der Waals surface area contributed by atoms with Crippen molar-refractivity contribution in [3.05, 3.63) is 78.9 Å². The van der Waals surface area contributed by atoms with Gasteiger partial charge in [-0.3, -0.25) is 0 Å². The number of rotatable bonds is 6. The lowest BCUT2D eigenvalue weighted by Gasteiger charge is -2.32. The van der Waals surface area contributed by atoms with Gasteiger partial charge in [0.15, 0.2) is 5.54 Å². The highest BCUT2D eigenvalue weighted by molar-refractivity contribution is 5.86. The van der Waals surface area contributed by atoms with Crippen LogP contribution >= 0.6 is 0 Å². The summed E-state index contributed by atoms with van der Waals surface area (Å²) in [6.07, 6.45) is 2.15. The molecular weight excluding hydrogens is 262 g/mol. The van der Waals surface area contributed by atoms with E-state index in [1.54, 1.807) is 6.08 Å². The molecule has 0 saturated carbocycles. The molecule has 0 bridgehead atoms. The Labute approximate surface area is 125 Å². The Hall–Kier alpha value is -2.55. The maximum atomic E-state index is 12.5. The molecule has 0 spiro atoms. The van der Waals surface area contributed by atoms with E-state index in [-0.39, 0.29) is 5.97 Å². The van der Waals surface area contributed by atoms with Crippen LogP contribution in [0.1, 0.15) is 12.0 Å². The minimum absolute atomic E-state index is 0.336. The Kier molecular flexibility index (Phi) is 4.77. The number of esters is 1. The minimum atomic E-state index is -0.973. The van der Waals surface area contributed by atoms with Crippen LogP contribution in [0.3, 0.4) is 0 Å². The number of nitrogens with one attached hydrogen (secondary N) is 1. The Morgan fingerprint density at radius 2 is 1.71 bits per heavy atom. The second-order valence-electron chi connectivity index (χ2n) is 4.75. The molecule has 0 saturated heterocycles. The molecule has 2 aromatic rings. The van der Waals surface area contributed by atoms with Crippen LogP contribution < -0.4 is 5.32 Å². The topological polar surface area (TPSA) is 38.3 Å². The molecule has 108 valence electrons. The average Bonchev–Trinajstić information content (AvgIpc) is 2.55. The summed E-state index contributed by atoms with van der Waals surface area (Å²) in [5.74, 6) is -0.336. The number of hydrogen-bond donors (Lipinski definition) is 1. The van der Waals surface area contributed by atoms with Crippen molar-refractivity contribution >= 4 is 11.7 Å². The SMILES string of the molecule is C=CCC(Nc1ccccc1)(C(=O)OC)c1ccccc1. The van der Waals surface area contributed by atoms with Crippen LogP contribution in [0.2, 0.25) is 0 Å². The van der Waals surface area contributed by atoms with Gasteiger partial charge in [-0.15, -0.1) is 6.58 Å². The molecule has 0 aliphatic rings. The number of para-hydroxylation sites is 1. The highest BCUT2D eigenvalue weighted by Gasteiger charge is 2.40. The molecule has 0 heterocycles. The zero-order valence-corrected chi connectivity index (χ0v) is 12.1. The highest BCUT2D eigenvalue weighted by atomic mass is 16.5. The van der Waals surface area contributed by atoms with E-state index >= 15 is 0 Å². The van der Waals surface area contributed by atoms with Gasteiger partial charge in [-0.05, 0) is 17.7 Å². The fourth-order valence-corrected chi connectivity index (χ4v) is 2.37. The molecule has 1 atom stereocenters. The van der Waals surface area contributed by atoms with Crippen molar-refractivity contribution in [1.82, 2.24) is 0 Å². The molecule has 1 unspecified atom stereocenters. The van der Waals surface area contributed by atoms with Gasteiger partial charge in [0.1, 0.15) is 0 Å². The summed E-state index contributed by atoms with van der Waals surface area (Å²) in [6, 6.07) is 19.2. The second-order valence-corrected chi connectivity index (χ2v) is 4.75. The molecule has 0 aliphatic heterocycles. The summed E-state index contributed by atoms with van der Waals surface area (Å²) in [7, 11) is 1.40. The second kappa shape index (κ2) is 6.75. The van der Waals surface area contributed by atoms with Crippen LogP contribution in [0, 0.1) is 0 Å². The molecule has 0 radical (unpaired) electrons. The summed E-state index contributed by atoms with van der Waals surface area (Å²) >= 11 is 0. The summed E-state index contributed by atoms with van der Waals surface area (Å²) in [6.45, 7) is 3.78. The van der Waals surface area contributed by atoms with Gasteiger partial charge in [0.05, 0.1) is 7.11 Å².